The maximum absolute atomic E-state index is 13.3. The second kappa shape index (κ2) is 6.72. The Hall–Kier alpha value is -2.99. The number of nitrogens with zero attached hydrogens (tertiary/aromatic N) is 3. The van der Waals surface area contributed by atoms with Crippen molar-refractivity contribution in [1.29, 1.82) is 0 Å². The number of nitrogens with one attached hydrogen (secondary N) is 1. The van der Waals surface area contributed by atoms with Gasteiger partial charge in [0, 0.05) is 25.0 Å². The van der Waals surface area contributed by atoms with Crippen LogP contribution in [0.25, 0.3) is 10.8 Å². The van der Waals surface area contributed by atoms with Gasteiger partial charge in [0.1, 0.15) is 0 Å². The first-order valence-electron chi connectivity index (χ1n) is 8.67. The highest BCUT2D eigenvalue weighted by atomic mass is 16.2. The van der Waals surface area contributed by atoms with E-state index in [1.54, 1.807) is 18.2 Å². The van der Waals surface area contributed by atoms with Crippen LogP contribution in [0.15, 0.2) is 59.4 Å². The van der Waals surface area contributed by atoms with E-state index in [0.29, 0.717) is 23.0 Å². The van der Waals surface area contributed by atoms with Gasteiger partial charge in [-0.15, -0.1) is 0 Å². The zero-order valence-electron chi connectivity index (χ0n) is 14.6. The summed E-state index contributed by atoms with van der Waals surface area (Å²) in [6, 6.07) is 17.1. The fourth-order valence-corrected chi connectivity index (χ4v) is 3.54. The number of aromatic amines is 1. The van der Waals surface area contributed by atoms with Gasteiger partial charge >= 0.3 is 0 Å². The smallest absolute Gasteiger partial charge is 0.275 e. The topological polar surface area (TPSA) is 69.3 Å². The largest absolute Gasteiger partial charge is 0.328 e. The molecular weight excluding hydrogens is 328 g/mol. The number of carbonyl (C=O) groups excluding carboxylic acids is 1. The molecule has 2 heterocycles. The van der Waals surface area contributed by atoms with Crippen molar-refractivity contribution in [2.45, 2.75) is 6.04 Å². The summed E-state index contributed by atoms with van der Waals surface area (Å²) in [7, 11) is 2.06. The number of hydrogen-bond donors (Lipinski definition) is 1. The summed E-state index contributed by atoms with van der Waals surface area (Å²) < 4.78 is 0. The Kier molecular flexibility index (Phi) is 4.26. The van der Waals surface area contributed by atoms with Gasteiger partial charge in [-0.05, 0) is 18.7 Å². The van der Waals surface area contributed by atoms with E-state index in [1.807, 2.05) is 41.3 Å². The highest BCUT2D eigenvalue weighted by Crippen LogP contribution is 2.27. The zero-order chi connectivity index (χ0) is 18.1. The molecule has 0 radical (unpaired) electrons. The molecule has 0 aliphatic carbocycles. The van der Waals surface area contributed by atoms with E-state index in [4.69, 9.17) is 0 Å². The molecule has 1 amide bonds. The second-order valence-corrected chi connectivity index (χ2v) is 6.63. The highest BCUT2D eigenvalue weighted by Gasteiger charge is 2.32. The minimum Gasteiger partial charge on any atom is -0.328 e. The van der Waals surface area contributed by atoms with Crippen LogP contribution in [0.5, 0.6) is 0 Å². The van der Waals surface area contributed by atoms with Crippen molar-refractivity contribution in [3.63, 3.8) is 0 Å². The van der Waals surface area contributed by atoms with Crippen LogP contribution in [-0.4, -0.2) is 52.6 Å². The molecule has 1 fully saturated rings. The third-order valence-corrected chi connectivity index (χ3v) is 4.93. The van der Waals surface area contributed by atoms with Crippen molar-refractivity contribution in [3.05, 3.63) is 76.2 Å². The van der Waals surface area contributed by atoms with Gasteiger partial charge in [-0.2, -0.15) is 5.10 Å². The molecule has 26 heavy (non-hydrogen) atoms. The predicted molar refractivity (Wildman–Crippen MR) is 100 cm³/mol. The number of hydrogen-bond acceptors (Lipinski definition) is 4. The quantitative estimate of drug-likeness (QED) is 0.770. The molecule has 0 bridgehead atoms. The lowest BCUT2D eigenvalue weighted by atomic mass is 10.0. The van der Waals surface area contributed by atoms with Crippen LogP contribution in [-0.2, 0) is 0 Å². The average Bonchev–Trinajstić information content (AvgIpc) is 2.69. The van der Waals surface area contributed by atoms with Crippen molar-refractivity contribution in [1.82, 2.24) is 20.0 Å². The molecule has 1 aliphatic heterocycles. The first-order valence-corrected chi connectivity index (χ1v) is 8.67. The number of rotatable bonds is 2. The summed E-state index contributed by atoms with van der Waals surface area (Å²) in [5.74, 6) is -0.153. The van der Waals surface area contributed by atoms with Crippen LogP contribution in [0.3, 0.4) is 0 Å². The second-order valence-electron chi connectivity index (χ2n) is 6.63. The molecule has 0 spiro atoms. The van der Waals surface area contributed by atoms with Crippen LogP contribution in [0.1, 0.15) is 22.1 Å². The Labute approximate surface area is 151 Å². The van der Waals surface area contributed by atoms with Crippen molar-refractivity contribution >= 4 is 16.7 Å². The normalized spacial score (nSPS) is 18.2. The van der Waals surface area contributed by atoms with Crippen molar-refractivity contribution in [2.75, 3.05) is 26.7 Å². The molecule has 1 aromatic heterocycles. The lowest BCUT2D eigenvalue weighted by Crippen LogP contribution is -2.49. The molecule has 1 N–H and O–H groups in total. The lowest BCUT2D eigenvalue weighted by molar-refractivity contribution is 0.0493. The first kappa shape index (κ1) is 16.5. The van der Waals surface area contributed by atoms with Crippen LogP contribution >= 0.6 is 0 Å². The Morgan fingerprint density at radius 1 is 1.04 bits per heavy atom. The summed E-state index contributed by atoms with van der Waals surface area (Å²) in [5.41, 5.74) is 1.11. The number of piperazine rings is 1. The van der Waals surface area contributed by atoms with Crippen LogP contribution in [0.4, 0.5) is 0 Å². The van der Waals surface area contributed by atoms with E-state index in [1.165, 1.54) is 0 Å². The van der Waals surface area contributed by atoms with Gasteiger partial charge in [0.15, 0.2) is 5.69 Å². The summed E-state index contributed by atoms with van der Waals surface area (Å²) in [4.78, 5) is 29.4. The first-order chi connectivity index (χ1) is 12.6. The van der Waals surface area contributed by atoms with Crippen molar-refractivity contribution < 1.29 is 4.79 Å². The van der Waals surface area contributed by atoms with E-state index in [9.17, 15) is 9.59 Å². The fraction of sp³-hybridized carbons (Fsp3) is 0.250. The number of amides is 1. The molecule has 4 rings (SSSR count). The third kappa shape index (κ3) is 2.88. The van der Waals surface area contributed by atoms with Gasteiger partial charge in [-0.1, -0.05) is 48.5 Å². The minimum atomic E-state index is -0.282. The molecule has 6 heteroatoms. The molecule has 6 nitrogen and oxygen atoms in total. The van der Waals surface area contributed by atoms with E-state index in [-0.39, 0.29) is 17.5 Å². The average molecular weight is 348 g/mol. The Morgan fingerprint density at radius 2 is 1.73 bits per heavy atom. The van der Waals surface area contributed by atoms with Crippen molar-refractivity contribution in [3.8, 4) is 0 Å². The molecule has 3 aromatic rings. The monoisotopic (exact) mass is 348 g/mol. The van der Waals surface area contributed by atoms with Crippen LogP contribution < -0.4 is 5.56 Å². The Morgan fingerprint density at radius 3 is 2.50 bits per heavy atom. The number of fused-ring (bicyclic) bond motifs is 1. The van der Waals surface area contributed by atoms with E-state index < -0.39 is 0 Å². The number of benzene rings is 2. The lowest BCUT2D eigenvalue weighted by Gasteiger charge is -2.40. The Balaban J connectivity index is 1.77. The molecule has 132 valence electrons. The molecule has 1 saturated heterocycles. The van der Waals surface area contributed by atoms with E-state index in [2.05, 4.69) is 22.1 Å². The molecule has 2 aromatic carbocycles. The van der Waals surface area contributed by atoms with E-state index >= 15 is 0 Å². The number of H-pyrrole nitrogens is 1. The Bertz CT molecular complexity index is 999. The van der Waals surface area contributed by atoms with Gasteiger partial charge in [0.05, 0.1) is 11.4 Å². The summed E-state index contributed by atoms with van der Waals surface area (Å²) in [6.45, 7) is 2.18. The van der Waals surface area contributed by atoms with Crippen molar-refractivity contribution in [2.24, 2.45) is 0 Å². The summed E-state index contributed by atoms with van der Waals surface area (Å²) in [5, 5.41) is 7.62. The summed E-state index contributed by atoms with van der Waals surface area (Å²) >= 11 is 0. The van der Waals surface area contributed by atoms with Gasteiger partial charge in [-0.3, -0.25) is 9.59 Å². The maximum atomic E-state index is 13.3. The predicted octanol–water partition coefficient (Wildman–Crippen LogP) is 2.05. The molecular formula is C20H20N4O2. The molecule has 1 unspecified atom stereocenters. The highest BCUT2D eigenvalue weighted by molar-refractivity contribution is 6.04. The fourth-order valence-electron chi connectivity index (χ4n) is 3.54. The van der Waals surface area contributed by atoms with Gasteiger partial charge in [0.25, 0.3) is 11.5 Å². The molecule has 1 atom stereocenters. The molecule has 0 saturated carbocycles. The standard InChI is InChI=1S/C20H20N4O2/c1-23-11-12-24(17(13-23)14-7-3-2-4-8-14)20(26)18-15-9-5-6-10-16(15)19(25)22-21-18/h2-10,17H,11-13H2,1H3,(H,22,25). The number of likely N-dealkylation sites (N-methyl/N-ethyl adjacent to an activating group) is 1. The zero-order valence-corrected chi connectivity index (χ0v) is 14.6. The van der Waals surface area contributed by atoms with Crippen LogP contribution in [0, 0.1) is 0 Å². The molecule has 1 aliphatic rings. The number of aromatic nitrogens is 2. The number of carbonyl (C=O) groups is 1. The third-order valence-electron chi connectivity index (χ3n) is 4.93. The van der Waals surface area contributed by atoms with E-state index in [0.717, 1.165) is 18.7 Å². The summed E-state index contributed by atoms with van der Waals surface area (Å²) in [6.07, 6.45) is 0. The maximum Gasteiger partial charge on any atom is 0.275 e. The van der Waals surface area contributed by atoms with Crippen LogP contribution in [0.2, 0.25) is 0 Å². The minimum absolute atomic E-state index is 0.0464. The van der Waals surface area contributed by atoms with Gasteiger partial charge in [0.2, 0.25) is 0 Å². The SMILES string of the molecule is CN1CCN(C(=O)c2n[nH]c(=O)c3ccccc23)C(c2ccccc2)C1. The van der Waals surface area contributed by atoms with Gasteiger partial charge in [-0.25, -0.2) is 5.10 Å². The van der Waals surface area contributed by atoms with Gasteiger partial charge < -0.3 is 9.80 Å².